The molecule has 0 spiro atoms. The lowest BCUT2D eigenvalue weighted by Gasteiger charge is -2.19. The quantitative estimate of drug-likeness (QED) is 0.533. The zero-order valence-electron chi connectivity index (χ0n) is 18.5. The number of benzene rings is 2. The third kappa shape index (κ3) is 5.05. The Balaban J connectivity index is 1.62. The summed E-state index contributed by atoms with van der Waals surface area (Å²) in [6.07, 6.45) is 1.58. The Hall–Kier alpha value is -3.04. The standard InChI is InChI=1S/C23H28N4O4S/c1-4-27(5-2)32(30,31)19-12-10-18(11-13-19)17(3)25-22(28)14-15-26-16-24-21-9-7-6-8-20(21)23(26)29/h6-13,16-17H,4-5,14-15H2,1-3H3,(H,25,28). The van der Waals surface area contributed by atoms with E-state index in [1.807, 2.05) is 13.0 Å². The van der Waals surface area contributed by atoms with Crippen LogP contribution in [0.2, 0.25) is 0 Å². The molecule has 0 bridgehead atoms. The predicted molar refractivity (Wildman–Crippen MR) is 124 cm³/mol. The number of nitrogens with one attached hydrogen (secondary N) is 1. The highest BCUT2D eigenvalue weighted by Gasteiger charge is 2.21. The van der Waals surface area contributed by atoms with Crippen molar-refractivity contribution < 1.29 is 13.2 Å². The first kappa shape index (κ1) is 23.6. The van der Waals surface area contributed by atoms with Gasteiger partial charge in [0.25, 0.3) is 5.56 Å². The molecule has 0 fully saturated rings. The Morgan fingerprint density at radius 3 is 2.41 bits per heavy atom. The number of amides is 1. The number of carbonyl (C=O) groups excluding carboxylic acids is 1. The Bertz CT molecular complexity index is 1250. The molecular weight excluding hydrogens is 428 g/mol. The van der Waals surface area contributed by atoms with Crippen LogP contribution in [0, 0.1) is 0 Å². The molecule has 9 heteroatoms. The normalized spacial score (nSPS) is 12.8. The largest absolute Gasteiger partial charge is 0.350 e. The van der Waals surface area contributed by atoms with Gasteiger partial charge >= 0.3 is 0 Å². The van der Waals surface area contributed by atoms with Gasteiger partial charge < -0.3 is 5.32 Å². The summed E-state index contributed by atoms with van der Waals surface area (Å²) in [7, 11) is -3.52. The minimum Gasteiger partial charge on any atom is -0.350 e. The van der Waals surface area contributed by atoms with Gasteiger partial charge in [-0.25, -0.2) is 13.4 Å². The molecule has 1 heterocycles. The van der Waals surface area contributed by atoms with Crippen molar-refractivity contribution in [3.8, 4) is 0 Å². The fourth-order valence-electron chi connectivity index (χ4n) is 3.53. The maximum atomic E-state index is 12.6. The molecule has 1 atom stereocenters. The summed E-state index contributed by atoms with van der Waals surface area (Å²) in [6, 6.07) is 13.3. The van der Waals surface area contributed by atoms with Crippen molar-refractivity contribution in [1.29, 1.82) is 0 Å². The molecule has 1 N–H and O–H groups in total. The minimum absolute atomic E-state index is 0.124. The van der Waals surface area contributed by atoms with E-state index in [2.05, 4.69) is 10.3 Å². The molecule has 170 valence electrons. The summed E-state index contributed by atoms with van der Waals surface area (Å²) in [5.41, 5.74) is 1.24. The molecule has 1 aromatic heterocycles. The van der Waals surface area contributed by atoms with Crippen LogP contribution in [-0.2, 0) is 21.4 Å². The minimum atomic E-state index is -3.52. The summed E-state index contributed by atoms with van der Waals surface area (Å²) in [6.45, 7) is 6.46. The Morgan fingerprint density at radius 1 is 1.09 bits per heavy atom. The molecule has 0 radical (unpaired) electrons. The van der Waals surface area contributed by atoms with Gasteiger partial charge in [0.15, 0.2) is 0 Å². The molecular formula is C23H28N4O4S. The lowest BCUT2D eigenvalue weighted by molar-refractivity contribution is -0.121. The molecule has 1 amide bonds. The zero-order valence-corrected chi connectivity index (χ0v) is 19.3. The van der Waals surface area contributed by atoms with Gasteiger partial charge in [0.05, 0.1) is 28.2 Å². The smallest absolute Gasteiger partial charge is 0.261 e. The molecule has 0 saturated heterocycles. The molecule has 3 aromatic rings. The fraction of sp³-hybridized carbons (Fsp3) is 0.348. The third-order valence-electron chi connectivity index (χ3n) is 5.41. The number of fused-ring (bicyclic) bond motifs is 1. The molecule has 3 rings (SSSR count). The first-order chi connectivity index (χ1) is 15.3. The summed E-state index contributed by atoms with van der Waals surface area (Å²) < 4.78 is 28.0. The summed E-state index contributed by atoms with van der Waals surface area (Å²) in [4.78, 5) is 29.4. The van der Waals surface area contributed by atoms with Crippen LogP contribution in [0.5, 0.6) is 0 Å². The van der Waals surface area contributed by atoms with E-state index in [1.165, 1.54) is 15.2 Å². The number of para-hydroxylation sites is 1. The number of hydrogen-bond donors (Lipinski definition) is 1. The van der Waals surface area contributed by atoms with Crippen molar-refractivity contribution in [3.63, 3.8) is 0 Å². The van der Waals surface area contributed by atoms with Crippen molar-refractivity contribution >= 4 is 26.8 Å². The highest BCUT2D eigenvalue weighted by atomic mass is 32.2. The SMILES string of the molecule is CCN(CC)S(=O)(=O)c1ccc(C(C)NC(=O)CCn2cnc3ccccc3c2=O)cc1. The third-order valence-corrected chi connectivity index (χ3v) is 7.48. The van der Waals surface area contributed by atoms with Crippen molar-refractivity contribution in [2.24, 2.45) is 0 Å². The Kier molecular flexibility index (Phi) is 7.42. The van der Waals surface area contributed by atoms with E-state index in [1.54, 1.807) is 56.3 Å². The van der Waals surface area contributed by atoms with E-state index in [0.717, 1.165) is 5.56 Å². The zero-order chi connectivity index (χ0) is 23.3. The average molecular weight is 457 g/mol. The van der Waals surface area contributed by atoms with Gasteiger partial charge in [0.1, 0.15) is 0 Å². The van der Waals surface area contributed by atoms with Crippen molar-refractivity contribution in [2.45, 2.75) is 44.7 Å². The topological polar surface area (TPSA) is 101 Å². The van der Waals surface area contributed by atoms with Gasteiger partial charge in [0.2, 0.25) is 15.9 Å². The van der Waals surface area contributed by atoms with E-state index in [4.69, 9.17) is 0 Å². The van der Waals surface area contributed by atoms with Crippen LogP contribution in [-0.4, -0.2) is 41.3 Å². The van der Waals surface area contributed by atoms with E-state index >= 15 is 0 Å². The number of hydrogen-bond acceptors (Lipinski definition) is 5. The highest BCUT2D eigenvalue weighted by Crippen LogP contribution is 2.19. The van der Waals surface area contributed by atoms with Crippen LogP contribution in [0.25, 0.3) is 10.9 Å². The van der Waals surface area contributed by atoms with E-state index in [-0.39, 0.29) is 35.4 Å². The molecule has 1 unspecified atom stereocenters. The Labute approximate surface area is 187 Å². The second-order valence-corrected chi connectivity index (χ2v) is 9.40. The van der Waals surface area contributed by atoms with E-state index in [9.17, 15) is 18.0 Å². The first-order valence-corrected chi connectivity index (χ1v) is 12.1. The molecule has 8 nitrogen and oxygen atoms in total. The fourth-order valence-corrected chi connectivity index (χ4v) is 4.98. The van der Waals surface area contributed by atoms with E-state index < -0.39 is 10.0 Å². The molecule has 32 heavy (non-hydrogen) atoms. The van der Waals surface area contributed by atoms with Crippen LogP contribution < -0.4 is 10.9 Å². The van der Waals surface area contributed by atoms with Gasteiger partial charge in [-0.3, -0.25) is 14.2 Å². The number of sulfonamides is 1. The van der Waals surface area contributed by atoms with Crippen LogP contribution in [0.1, 0.15) is 38.8 Å². The number of carbonyl (C=O) groups is 1. The summed E-state index contributed by atoms with van der Waals surface area (Å²) >= 11 is 0. The monoisotopic (exact) mass is 456 g/mol. The van der Waals surface area contributed by atoms with Crippen LogP contribution in [0.4, 0.5) is 0 Å². The van der Waals surface area contributed by atoms with E-state index in [0.29, 0.717) is 24.0 Å². The maximum Gasteiger partial charge on any atom is 0.261 e. The number of aromatic nitrogens is 2. The lowest BCUT2D eigenvalue weighted by Crippen LogP contribution is -2.31. The van der Waals surface area contributed by atoms with Crippen LogP contribution in [0.3, 0.4) is 0 Å². The van der Waals surface area contributed by atoms with Gasteiger partial charge in [0, 0.05) is 26.1 Å². The molecule has 0 aliphatic carbocycles. The van der Waals surface area contributed by atoms with Gasteiger partial charge in [-0.2, -0.15) is 4.31 Å². The van der Waals surface area contributed by atoms with Crippen molar-refractivity contribution in [1.82, 2.24) is 19.2 Å². The molecule has 2 aromatic carbocycles. The highest BCUT2D eigenvalue weighted by molar-refractivity contribution is 7.89. The second kappa shape index (κ2) is 10.1. The second-order valence-electron chi connectivity index (χ2n) is 7.46. The van der Waals surface area contributed by atoms with Crippen LogP contribution >= 0.6 is 0 Å². The first-order valence-electron chi connectivity index (χ1n) is 10.6. The summed E-state index contributed by atoms with van der Waals surface area (Å²) in [5, 5.41) is 3.41. The number of aryl methyl sites for hydroxylation is 1. The molecule has 0 saturated carbocycles. The number of nitrogens with zero attached hydrogens (tertiary/aromatic N) is 3. The van der Waals surface area contributed by atoms with Gasteiger partial charge in [-0.15, -0.1) is 0 Å². The predicted octanol–water partition coefficient (Wildman–Crippen LogP) is 2.69. The number of rotatable bonds is 9. The average Bonchev–Trinajstić information content (AvgIpc) is 2.79. The molecule has 0 aliphatic rings. The Morgan fingerprint density at radius 2 is 1.75 bits per heavy atom. The van der Waals surface area contributed by atoms with Crippen molar-refractivity contribution in [2.75, 3.05) is 13.1 Å². The van der Waals surface area contributed by atoms with Crippen LogP contribution in [0.15, 0.2) is 64.5 Å². The summed E-state index contributed by atoms with van der Waals surface area (Å²) in [5.74, 6) is -0.211. The van der Waals surface area contributed by atoms with Gasteiger partial charge in [-0.1, -0.05) is 38.1 Å². The van der Waals surface area contributed by atoms with Gasteiger partial charge in [-0.05, 0) is 36.8 Å². The maximum absolute atomic E-state index is 12.6. The molecule has 0 aliphatic heterocycles. The van der Waals surface area contributed by atoms with Crippen molar-refractivity contribution in [3.05, 3.63) is 70.8 Å². The lowest BCUT2D eigenvalue weighted by atomic mass is 10.1.